The molecule has 0 spiro atoms. The van der Waals surface area contributed by atoms with Crippen molar-refractivity contribution in [2.75, 3.05) is 18.4 Å². The third-order valence-electron chi connectivity index (χ3n) is 6.45. The summed E-state index contributed by atoms with van der Waals surface area (Å²) >= 11 is 0. The zero-order valence-electron chi connectivity index (χ0n) is 21.4. The van der Waals surface area contributed by atoms with Crippen molar-refractivity contribution >= 4 is 23.4 Å². The highest BCUT2D eigenvalue weighted by Crippen LogP contribution is 2.25. The van der Waals surface area contributed by atoms with Crippen molar-refractivity contribution < 1.29 is 14.4 Å². The Balaban J connectivity index is 1.47. The number of anilines is 1. The maximum atomic E-state index is 13.3. The largest absolute Gasteiger partial charge is 0.353 e. The van der Waals surface area contributed by atoms with Crippen molar-refractivity contribution in [2.45, 2.75) is 45.3 Å². The summed E-state index contributed by atoms with van der Waals surface area (Å²) in [5, 5.41) is 9.23. The quantitative estimate of drug-likeness (QED) is 0.419. The zero-order valence-corrected chi connectivity index (χ0v) is 21.4. The summed E-state index contributed by atoms with van der Waals surface area (Å²) in [6.07, 6.45) is 1.11. The molecular weight excluding hydrogens is 464 g/mol. The second-order valence-electron chi connectivity index (χ2n) is 9.55. The first kappa shape index (κ1) is 26.1. The van der Waals surface area contributed by atoms with Gasteiger partial charge in [-0.3, -0.25) is 14.4 Å². The number of hydrogen-bond acceptors (Lipinski definition) is 4. The second kappa shape index (κ2) is 12.3. The molecule has 3 aromatic carbocycles. The Labute approximate surface area is 218 Å². The fraction of sp³-hybridized carbons (Fsp3) is 0.300. The zero-order chi connectivity index (χ0) is 26.2. The minimum Gasteiger partial charge on any atom is -0.353 e. The van der Waals surface area contributed by atoms with Gasteiger partial charge in [0.2, 0.25) is 17.7 Å². The Kier molecular flexibility index (Phi) is 8.69. The van der Waals surface area contributed by atoms with Gasteiger partial charge in [0.25, 0.3) is 0 Å². The highest BCUT2D eigenvalue weighted by molar-refractivity contribution is 5.89. The number of nitrogens with zero attached hydrogens (tertiary/aromatic N) is 1. The Morgan fingerprint density at radius 2 is 1.62 bits per heavy atom. The molecule has 0 aromatic heterocycles. The number of carbonyl (C=O) groups excluding carboxylic acids is 3. The van der Waals surface area contributed by atoms with E-state index in [1.807, 2.05) is 77.7 Å². The molecule has 3 N–H and O–H groups in total. The smallest absolute Gasteiger partial charge is 0.240 e. The van der Waals surface area contributed by atoms with Crippen LogP contribution in [-0.4, -0.2) is 47.8 Å². The minimum absolute atomic E-state index is 0.0639. The number of nitrogens with one attached hydrogen (secondary N) is 3. The van der Waals surface area contributed by atoms with E-state index in [1.165, 1.54) is 13.8 Å². The molecular formula is C30H34N4O3. The van der Waals surface area contributed by atoms with Crippen LogP contribution in [0, 0.1) is 0 Å². The summed E-state index contributed by atoms with van der Waals surface area (Å²) < 4.78 is 0. The average molecular weight is 499 g/mol. The van der Waals surface area contributed by atoms with E-state index < -0.39 is 0 Å². The molecule has 1 saturated heterocycles. The van der Waals surface area contributed by atoms with Crippen LogP contribution in [0.5, 0.6) is 0 Å². The van der Waals surface area contributed by atoms with Gasteiger partial charge in [-0.25, -0.2) is 0 Å². The highest BCUT2D eigenvalue weighted by Gasteiger charge is 2.30. The van der Waals surface area contributed by atoms with Crippen LogP contribution in [0.1, 0.15) is 31.4 Å². The van der Waals surface area contributed by atoms with Crippen LogP contribution in [0.25, 0.3) is 11.1 Å². The lowest BCUT2D eigenvalue weighted by Gasteiger charge is -2.35. The number of hydrogen-bond donors (Lipinski definition) is 3. The van der Waals surface area contributed by atoms with Gasteiger partial charge in [-0.15, -0.1) is 0 Å². The van der Waals surface area contributed by atoms with Crippen LogP contribution in [0.4, 0.5) is 5.69 Å². The lowest BCUT2D eigenvalue weighted by molar-refractivity contribution is -0.137. The van der Waals surface area contributed by atoms with Crippen LogP contribution in [0.15, 0.2) is 78.9 Å². The number of benzene rings is 3. The molecule has 3 aromatic rings. The van der Waals surface area contributed by atoms with E-state index in [1.54, 1.807) is 0 Å². The Morgan fingerprint density at radius 3 is 2.35 bits per heavy atom. The van der Waals surface area contributed by atoms with E-state index in [-0.39, 0.29) is 29.8 Å². The number of amides is 3. The van der Waals surface area contributed by atoms with Crippen molar-refractivity contribution in [3.63, 3.8) is 0 Å². The summed E-state index contributed by atoms with van der Waals surface area (Å²) in [6.45, 7) is 4.96. The molecule has 1 aliphatic rings. The van der Waals surface area contributed by atoms with Gasteiger partial charge in [-0.05, 0) is 47.2 Å². The monoisotopic (exact) mass is 498 g/mol. The molecule has 0 bridgehead atoms. The standard InChI is InChI=1S/C30H34N4O3/c1-21(35)32-27-13-7-12-26(18-27)25-11-6-10-24(16-25)17-28(33-22(2)36)19-29-30(37)34(15-14-31-29)20-23-8-4-3-5-9-23/h3-13,16,18,28-29,31H,14-15,17,19-20H2,1-2H3,(H,32,35)(H,33,36)/t28-,29-/m0/s1. The van der Waals surface area contributed by atoms with E-state index >= 15 is 0 Å². The van der Waals surface area contributed by atoms with Crippen LogP contribution < -0.4 is 16.0 Å². The first-order valence-electron chi connectivity index (χ1n) is 12.7. The fourth-order valence-electron chi connectivity index (χ4n) is 4.84. The van der Waals surface area contributed by atoms with E-state index in [2.05, 4.69) is 22.0 Å². The summed E-state index contributed by atoms with van der Waals surface area (Å²) in [7, 11) is 0. The Hall–Kier alpha value is -3.97. The number of carbonyl (C=O) groups is 3. The molecule has 1 fully saturated rings. The molecule has 0 saturated carbocycles. The summed E-state index contributed by atoms with van der Waals surface area (Å²) in [4.78, 5) is 38.6. The van der Waals surface area contributed by atoms with Crippen molar-refractivity contribution in [3.05, 3.63) is 90.0 Å². The van der Waals surface area contributed by atoms with Crippen LogP contribution in [0.2, 0.25) is 0 Å². The van der Waals surface area contributed by atoms with Gasteiger partial charge in [-0.1, -0.05) is 66.7 Å². The molecule has 192 valence electrons. The molecule has 0 aliphatic carbocycles. The van der Waals surface area contributed by atoms with Crippen molar-refractivity contribution in [3.8, 4) is 11.1 Å². The SMILES string of the molecule is CC(=O)Nc1cccc(-c2cccc(C[C@@H](C[C@@H]3NCCN(Cc4ccccc4)C3=O)NC(C)=O)c2)c1. The summed E-state index contributed by atoms with van der Waals surface area (Å²) in [6, 6.07) is 25.3. The van der Waals surface area contributed by atoms with Crippen molar-refractivity contribution in [1.29, 1.82) is 0 Å². The number of piperazine rings is 1. The predicted octanol–water partition coefficient (Wildman–Crippen LogP) is 3.75. The van der Waals surface area contributed by atoms with Crippen LogP contribution in [0.3, 0.4) is 0 Å². The van der Waals surface area contributed by atoms with Gasteiger partial charge < -0.3 is 20.9 Å². The van der Waals surface area contributed by atoms with E-state index in [9.17, 15) is 14.4 Å². The van der Waals surface area contributed by atoms with E-state index in [0.29, 0.717) is 25.9 Å². The number of rotatable bonds is 9. The molecule has 7 heteroatoms. The van der Waals surface area contributed by atoms with Gasteiger partial charge in [0.15, 0.2) is 0 Å². The normalized spacial score (nSPS) is 16.2. The predicted molar refractivity (Wildman–Crippen MR) is 146 cm³/mol. The molecule has 37 heavy (non-hydrogen) atoms. The minimum atomic E-state index is -0.355. The van der Waals surface area contributed by atoms with Crippen LogP contribution >= 0.6 is 0 Å². The van der Waals surface area contributed by atoms with E-state index in [4.69, 9.17) is 0 Å². The third-order valence-corrected chi connectivity index (χ3v) is 6.45. The van der Waals surface area contributed by atoms with Gasteiger partial charge in [0, 0.05) is 45.2 Å². The van der Waals surface area contributed by atoms with Gasteiger partial charge >= 0.3 is 0 Å². The molecule has 0 unspecified atom stereocenters. The van der Waals surface area contributed by atoms with E-state index in [0.717, 1.165) is 34.5 Å². The first-order chi connectivity index (χ1) is 17.9. The molecule has 7 nitrogen and oxygen atoms in total. The second-order valence-corrected chi connectivity index (χ2v) is 9.55. The molecule has 1 aliphatic heterocycles. The highest BCUT2D eigenvalue weighted by atomic mass is 16.2. The average Bonchev–Trinajstić information content (AvgIpc) is 2.87. The van der Waals surface area contributed by atoms with Gasteiger partial charge in [0.05, 0.1) is 6.04 Å². The topological polar surface area (TPSA) is 90.5 Å². The lowest BCUT2D eigenvalue weighted by atomic mass is 9.95. The molecule has 1 heterocycles. The maximum absolute atomic E-state index is 13.3. The first-order valence-corrected chi connectivity index (χ1v) is 12.7. The van der Waals surface area contributed by atoms with Crippen molar-refractivity contribution in [2.24, 2.45) is 0 Å². The van der Waals surface area contributed by atoms with Crippen LogP contribution in [-0.2, 0) is 27.3 Å². The fourth-order valence-corrected chi connectivity index (χ4v) is 4.84. The van der Waals surface area contributed by atoms with Gasteiger partial charge in [-0.2, -0.15) is 0 Å². The Morgan fingerprint density at radius 1 is 0.919 bits per heavy atom. The molecule has 2 atom stereocenters. The van der Waals surface area contributed by atoms with Gasteiger partial charge in [0.1, 0.15) is 0 Å². The molecule has 4 rings (SSSR count). The molecule has 3 amide bonds. The van der Waals surface area contributed by atoms with Crippen molar-refractivity contribution in [1.82, 2.24) is 15.5 Å². The maximum Gasteiger partial charge on any atom is 0.240 e. The summed E-state index contributed by atoms with van der Waals surface area (Å²) in [5.41, 5.74) is 4.92. The summed E-state index contributed by atoms with van der Waals surface area (Å²) in [5.74, 6) is -0.167. The Bertz CT molecular complexity index is 1240. The third kappa shape index (κ3) is 7.51. The molecule has 0 radical (unpaired) electrons. The lowest BCUT2D eigenvalue weighted by Crippen LogP contribution is -2.56.